The maximum absolute atomic E-state index is 9.77. The molecule has 0 aromatic heterocycles. The summed E-state index contributed by atoms with van der Waals surface area (Å²) in [4.78, 5) is 0. The molecule has 5 heteroatoms. The summed E-state index contributed by atoms with van der Waals surface area (Å²) in [6, 6.07) is 5.59. The van der Waals surface area contributed by atoms with Gasteiger partial charge in [-0.05, 0) is 46.8 Å². The van der Waals surface area contributed by atoms with Crippen molar-refractivity contribution < 1.29 is 9.84 Å². The van der Waals surface area contributed by atoms with Crippen LogP contribution in [0.3, 0.4) is 0 Å². The average molecular weight is 335 g/mol. The highest BCUT2D eigenvalue weighted by molar-refractivity contribution is 9.10. The van der Waals surface area contributed by atoms with Crippen molar-refractivity contribution in [3.8, 4) is 0 Å². The highest BCUT2D eigenvalue weighted by atomic mass is 79.9. The molecular weight excluding hydrogens is 318 g/mol. The maximum atomic E-state index is 9.77. The van der Waals surface area contributed by atoms with Crippen molar-refractivity contribution in [2.75, 3.05) is 25.1 Å². The second kappa shape index (κ2) is 6.75. The number of ether oxygens (including phenoxy) is 1. The van der Waals surface area contributed by atoms with Crippen molar-refractivity contribution in [1.82, 2.24) is 0 Å². The van der Waals surface area contributed by atoms with E-state index in [1.807, 2.05) is 18.2 Å². The summed E-state index contributed by atoms with van der Waals surface area (Å²) < 4.78 is 6.25. The van der Waals surface area contributed by atoms with Crippen molar-refractivity contribution in [2.45, 2.75) is 18.9 Å². The molecule has 2 rings (SSSR count). The second-order valence-electron chi connectivity index (χ2n) is 4.62. The lowest BCUT2D eigenvalue weighted by Gasteiger charge is -2.14. The lowest BCUT2D eigenvalue weighted by atomic mass is 10.3. The number of hydrogen-bond donors (Lipinski definition) is 2. The van der Waals surface area contributed by atoms with Gasteiger partial charge in [-0.3, -0.25) is 0 Å². The molecule has 1 aromatic carbocycles. The number of halogens is 2. The van der Waals surface area contributed by atoms with Crippen molar-refractivity contribution >= 4 is 33.2 Å². The monoisotopic (exact) mass is 333 g/mol. The summed E-state index contributed by atoms with van der Waals surface area (Å²) in [7, 11) is 0. The SMILES string of the molecule is OC(CNc1cccc(Cl)c1Br)COCC1CC1. The third-order valence-electron chi connectivity index (χ3n) is 2.84. The average Bonchev–Trinajstić information content (AvgIpc) is 3.15. The first-order valence-electron chi connectivity index (χ1n) is 6.10. The minimum atomic E-state index is -0.505. The molecule has 1 saturated carbocycles. The van der Waals surface area contributed by atoms with Crippen LogP contribution in [-0.2, 0) is 4.74 Å². The summed E-state index contributed by atoms with van der Waals surface area (Å²) in [5, 5.41) is 13.6. The minimum Gasteiger partial charge on any atom is -0.389 e. The molecule has 3 nitrogen and oxygen atoms in total. The van der Waals surface area contributed by atoms with Gasteiger partial charge in [0.1, 0.15) is 0 Å². The number of anilines is 1. The van der Waals surface area contributed by atoms with Crippen molar-refractivity contribution in [3.05, 3.63) is 27.7 Å². The molecule has 0 saturated heterocycles. The van der Waals surface area contributed by atoms with Crippen molar-refractivity contribution in [2.24, 2.45) is 5.92 Å². The van der Waals surface area contributed by atoms with Gasteiger partial charge in [-0.2, -0.15) is 0 Å². The largest absolute Gasteiger partial charge is 0.389 e. The van der Waals surface area contributed by atoms with Gasteiger partial charge in [-0.25, -0.2) is 0 Å². The quantitative estimate of drug-likeness (QED) is 0.804. The van der Waals surface area contributed by atoms with Gasteiger partial charge in [0.2, 0.25) is 0 Å². The number of aliphatic hydroxyl groups is 1. The lowest BCUT2D eigenvalue weighted by Crippen LogP contribution is -2.25. The highest BCUT2D eigenvalue weighted by Gasteiger charge is 2.21. The Kier molecular flexibility index (Phi) is 5.30. The summed E-state index contributed by atoms with van der Waals surface area (Å²) in [5.41, 5.74) is 0.878. The number of nitrogens with one attached hydrogen (secondary N) is 1. The molecular formula is C13H17BrClNO2. The van der Waals surface area contributed by atoms with Crippen LogP contribution in [0.25, 0.3) is 0 Å². The molecule has 0 heterocycles. The smallest absolute Gasteiger partial charge is 0.0945 e. The zero-order valence-corrected chi connectivity index (χ0v) is 12.4. The van der Waals surface area contributed by atoms with E-state index in [4.69, 9.17) is 16.3 Å². The van der Waals surface area contributed by atoms with Gasteiger partial charge in [0.15, 0.2) is 0 Å². The second-order valence-corrected chi connectivity index (χ2v) is 5.82. The molecule has 0 amide bonds. The van der Waals surface area contributed by atoms with Crippen LogP contribution in [0, 0.1) is 5.92 Å². The molecule has 0 bridgehead atoms. The molecule has 2 N–H and O–H groups in total. The van der Waals surface area contributed by atoms with Crippen LogP contribution in [0.15, 0.2) is 22.7 Å². The standard InChI is InChI=1S/C13H17BrClNO2/c14-13-11(15)2-1-3-12(13)16-6-10(17)8-18-7-9-4-5-9/h1-3,9-10,16-17H,4-8H2. The van der Waals surface area contributed by atoms with Crippen LogP contribution in [0.5, 0.6) is 0 Å². The molecule has 1 aliphatic rings. The molecule has 18 heavy (non-hydrogen) atoms. The van der Waals surface area contributed by atoms with E-state index in [2.05, 4.69) is 21.2 Å². The fraction of sp³-hybridized carbons (Fsp3) is 0.538. The van der Waals surface area contributed by atoms with Crippen LogP contribution in [0.4, 0.5) is 5.69 Å². The van der Waals surface area contributed by atoms with E-state index in [0.717, 1.165) is 22.7 Å². The Balaban J connectivity index is 1.70. The summed E-state index contributed by atoms with van der Waals surface area (Å²) in [6.07, 6.45) is 2.03. The molecule has 1 aromatic rings. The summed E-state index contributed by atoms with van der Waals surface area (Å²) >= 11 is 9.38. The first kappa shape index (κ1) is 14.1. The third-order valence-corrected chi connectivity index (χ3v) is 4.24. The van der Waals surface area contributed by atoms with E-state index in [9.17, 15) is 5.11 Å². The Hall–Kier alpha value is -0.290. The van der Waals surface area contributed by atoms with Gasteiger partial charge in [-0.1, -0.05) is 17.7 Å². The Labute approximate surface area is 121 Å². The molecule has 0 aliphatic heterocycles. The molecule has 1 aliphatic carbocycles. The van der Waals surface area contributed by atoms with E-state index in [0.29, 0.717) is 18.2 Å². The Morgan fingerprint density at radius 1 is 1.50 bits per heavy atom. The minimum absolute atomic E-state index is 0.377. The Bertz CT molecular complexity index is 399. The highest BCUT2D eigenvalue weighted by Crippen LogP contribution is 2.30. The number of rotatable bonds is 7. The first-order valence-corrected chi connectivity index (χ1v) is 7.27. The van der Waals surface area contributed by atoms with Crippen LogP contribution in [0.2, 0.25) is 5.02 Å². The Morgan fingerprint density at radius 2 is 2.28 bits per heavy atom. The molecule has 0 radical (unpaired) electrons. The third kappa shape index (κ3) is 4.43. The predicted octanol–water partition coefficient (Wildman–Crippen LogP) is 3.30. The van der Waals surface area contributed by atoms with Gasteiger partial charge in [0.05, 0.1) is 27.9 Å². The number of aliphatic hydroxyl groups excluding tert-OH is 1. The van der Waals surface area contributed by atoms with Crippen molar-refractivity contribution in [3.63, 3.8) is 0 Å². The maximum Gasteiger partial charge on any atom is 0.0945 e. The molecule has 1 unspecified atom stereocenters. The first-order chi connectivity index (χ1) is 8.66. The van der Waals surface area contributed by atoms with Crippen LogP contribution in [-0.4, -0.2) is 31.0 Å². The van der Waals surface area contributed by atoms with E-state index < -0.39 is 6.10 Å². The van der Waals surface area contributed by atoms with E-state index in [1.165, 1.54) is 12.8 Å². The van der Waals surface area contributed by atoms with E-state index >= 15 is 0 Å². The van der Waals surface area contributed by atoms with Crippen molar-refractivity contribution in [1.29, 1.82) is 0 Å². The topological polar surface area (TPSA) is 41.5 Å². The predicted molar refractivity (Wildman–Crippen MR) is 77.2 cm³/mol. The van der Waals surface area contributed by atoms with Gasteiger partial charge in [0, 0.05) is 13.2 Å². The normalized spacial score (nSPS) is 16.6. The molecule has 1 fully saturated rings. The lowest BCUT2D eigenvalue weighted by molar-refractivity contribution is 0.0386. The molecule has 100 valence electrons. The Morgan fingerprint density at radius 3 is 3.00 bits per heavy atom. The summed E-state index contributed by atoms with van der Waals surface area (Å²) in [5.74, 6) is 0.729. The summed E-state index contributed by atoms with van der Waals surface area (Å²) in [6.45, 7) is 1.60. The fourth-order valence-corrected chi connectivity index (χ4v) is 2.16. The van der Waals surface area contributed by atoms with Crippen LogP contribution >= 0.6 is 27.5 Å². The molecule has 0 spiro atoms. The number of hydrogen-bond acceptors (Lipinski definition) is 3. The fourth-order valence-electron chi connectivity index (χ4n) is 1.58. The van der Waals surface area contributed by atoms with E-state index in [1.54, 1.807) is 0 Å². The zero-order valence-electron chi connectivity index (χ0n) is 10.0. The van der Waals surface area contributed by atoms with Crippen LogP contribution in [0.1, 0.15) is 12.8 Å². The van der Waals surface area contributed by atoms with Gasteiger partial charge in [-0.15, -0.1) is 0 Å². The van der Waals surface area contributed by atoms with Crippen LogP contribution < -0.4 is 5.32 Å². The zero-order chi connectivity index (χ0) is 13.0. The molecule has 1 atom stereocenters. The van der Waals surface area contributed by atoms with Gasteiger partial charge < -0.3 is 15.2 Å². The van der Waals surface area contributed by atoms with Gasteiger partial charge in [0.25, 0.3) is 0 Å². The number of benzene rings is 1. The van der Waals surface area contributed by atoms with Gasteiger partial charge >= 0.3 is 0 Å². The van der Waals surface area contributed by atoms with E-state index in [-0.39, 0.29) is 0 Å².